The summed E-state index contributed by atoms with van der Waals surface area (Å²) in [7, 11) is 0. The quantitative estimate of drug-likeness (QED) is 0.579. The zero-order chi connectivity index (χ0) is 10.3. The van der Waals surface area contributed by atoms with Crippen LogP contribution < -0.4 is 0 Å². The molecule has 0 spiro atoms. The average Bonchev–Trinajstić information content (AvgIpc) is 2.65. The molecule has 0 amide bonds. The predicted octanol–water partition coefficient (Wildman–Crippen LogP) is 3.53. The van der Waals surface area contributed by atoms with Gasteiger partial charge in [-0.05, 0) is 36.0 Å². The maximum atomic E-state index is 8.57. The van der Waals surface area contributed by atoms with Crippen molar-refractivity contribution in [1.29, 1.82) is 5.26 Å². The van der Waals surface area contributed by atoms with Crippen molar-refractivity contribution in [2.45, 2.75) is 40.0 Å². The summed E-state index contributed by atoms with van der Waals surface area (Å²) >= 11 is 0. The molecular formula is C13H19N. The van der Waals surface area contributed by atoms with Gasteiger partial charge in [0.1, 0.15) is 0 Å². The van der Waals surface area contributed by atoms with Crippen molar-refractivity contribution in [3.8, 4) is 6.07 Å². The zero-order valence-corrected chi connectivity index (χ0v) is 9.38. The first-order valence-electron chi connectivity index (χ1n) is 5.63. The van der Waals surface area contributed by atoms with Gasteiger partial charge in [0, 0.05) is 0 Å². The van der Waals surface area contributed by atoms with E-state index in [-0.39, 0.29) is 0 Å². The number of fused-ring (bicyclic) bond motifs is 1. The molecule has 3 atom stereocenters. The van der Waals surface area contributed by atoms with Gasteiger partial charge >= 0.3 is 0 Å². The summed E-state index contributed by atoms with van der Waals surface area (Å²) in [6.07, 6.45) is 5.35. The molecular weight excluding hydrogens is 170 g/mol. The Hall–Kier alpha value is -0.770. The van der Waals surface area contributed by atoms with Gasteiger partial charge in [-0.15, -0.1) is 0 Å². The van der Waals surface area contributed by atoms with E-state index < -0.39 is 0 Å². The van der Waals surface area contributed by atoms with Crippen molar-refractivity contribution in [3.63, 3.8) is 0 Å². The summed E-state index contributed by atoms with van der Waals surface area (Å²) < 4.78 is 0. The molecule has 2 aliphatic carbocycles. The maximum Gasteiger partial charge on any atom is 0.0663 e. The first-order chi connectivity index (χ1) is 6.57. The van der Waals surface area contributed by atoms with E-state index in [1.54, 1.807) is 5.57 Å². The monoisotopic (exact) mass is 189 g/mol. The Morgan fingerprint density at radius 2 is 2.21 bits per heavy atom. The molecule has 0 bridgehead atoms. The molecule has 0 aromatic rings. The molecule has 0 N–H and O–H groups in total. The highest BCUT2D eigenvalue weighted by atomic mass is 14.6. The molecule has 76 valence electrons. The lowest BCUT2D eigenvalue weighted by Crippen LogP contribution is -2.08. The standard InChI is InChI=1S/C13H19N/c1-9-7-11-12(13(11,2)3)8-10(9)5-4-6-14/h5,9,11-12H,4,7-8H2,1-3H3/b10-5-/t9-,11-,12+/m1/s1. The summed E-state index contributed by atoms with van der Waals surface area (Å²) in [6.45, 7) is 7.10. The normalized spacial score (nSPS) is 41.6. The zero-order valence-electron chi connectivity index (χ0n) is 9.38. The molecule has 14 heavy (non-hydrogen) atoms. The molecule has 0 heterocycles. The summed E-state index contributed by atoms with van der Waals surface area (Å²) in [4.78, 5) is 0. The second-order valence-corrected chi connectivity index (χ2v) is 5.52. The van der Waals surface area contributed by atoms with Crippen molar-refractivity contribution in [1.82, 2.24) is 0 Å². The summed E-state index contributed by atoms with van der Waals surface area (Å²) in [5.41, 5.74) is 2.12. The molecule has 2 fully saturated rings. The van der Waals surface area contributed by atoms with E-state index in [1.165, 1.54) is 12.8 Å². The van der Waals surface area contributed by atoms with Crippen molar-refractivity contribution in [2.24, 2.45) is 23.2 Å². The lowest BCUT2D eigenvalue weighted by molar-refractivity contribution is 0.452. The fourth-order valence-electron chi connectivity index (χ4n) is 3.18. The van der Waals surface area contributed by atoms with Crippen LogP contribution >= 0.6 is 0 Å². The Labute approximate surface area is 86.8 Å². The number of hydrogen-bond acceptors (Lipinski definition) is 1. The van der Waals surface area contributed by atoms with Gasteiger partial charge in [0.05, 0.1) is 12.5 Å². The molecule has 1 nitrogen and oxygen atoms in total. The number of allylic oxidation sites excluding steroid dienone is 2. The van der Waals surface area contributed by atoms with Crippen molar-refractivity contribution in [2.75, 3.05) is 0 Å². The van der Waals surface area contributed by atoms with Gasteiger partial charge in [0.25, 0.3) is 0 Å². The van der Waals surface area contributed by atoms with E-state index in [9.17, 15) is 0 Å². The van der Waals surface area contributed by atoms with Crippen LogP contribution in [0.25, 0.3) is 0 Å². The van der Waals surface area contributed by atoms with E-state index in [0.29, 0.717) is 17.8 Å². The van der Waals surface area contributed by atoms with Gasteiger partial charge in [-0.1, -0.05) is 32.4 Å². The van der Waals surface area contributed by atoms with Crippen LogP contribution in [0.15, 0.2) is 11.6 Å². The fraction of sp³-hybridized carbons (Fsp3) is 0.769. The van der Waals surface area contributed by atoms with E-state index in [2.05, 4.69) is 32.9 Å². The highest BCUT2D eigenvalue weighted by Crippen LogP contribution is 2.66. The van der Waals surface area contributed by atoms with Gasteiger partial charge < -0.3 is 0 Å². The second-order valence-electron chi connectivity index (χ2n) is 5.52. The van der Waals surface area contributed by atoms with E-state index in [4.69, 9.17) is 5.26 Å². The Balaban J connectivity index is 2.07. The molecule has 1 heteroatoms. The number of hydrogen-bond donors (Lipinski definition) is 0. The SMILES string of the molecule is C[C@@H]1C[C@@H]2[C@H](C/C1=C/CC#N)C2(C)C. The lowest BCUT2D eigenvalue weighted by atomic mass is 9.85. The van der Waals surface area contributed by atoms with Gasteiger partial charge in [-0.2, -0.15) is 5.26 Å². The van der Waals surface area contributed by atoms with Crippen LogP contribution in [-0.4, -0.2) is 0 Å². The molecule has 2 rings (SSSR count). The van der Waals surface area contributed by atoms with E-state index in [0.717, 1.165) is 11.8 Å². The molecule has 2 saturated carbocycles. The molecule has 0 unspecified atom stereocenters. The Kier molecular flexibility index (Phi) is 2.18. The minimum Gasteiger partial charge on any atom is -0.198 e. The van der Waals surface area contributed by atoms with Gasteiger partial charge in [0.2, 0.25) is 0 Å². The van der Waals surface area contributed by atoms with Crippen molar-refractivity contribution < 1.29 is 0 Å². The van der Waals surface area contributed by atoms with Gasteiger partial charge in [-0.25, -0.2) is 0 Å². The Bertz CT molecular complexity index is 306. The summed E-state index contributed by atoms with van der Waals surface area (Å²) in [6, 6.07) is 2.21. The van der Waals surface area contributed by atoms with Crippen LogP contribution in [0.1, 0.15) is 40.0 Å². The minimum atomic E-state index is 0.580. The van der Waals surface area contributed by atoms with Crippen LogP contribution in [0.2, 0.25) is 0 Å². The van der Waals surface area contributed by atoms with Crippen LogP contribution in [0.3, 0.4) is 0 Å². The van der Waals surface area contributed by atoms with E-state index >= 15 is 0 Å². The molecule has 2 aliphatic rings. The van der Waals surface area contributed by atoms with Crippen LogP contribution in [0.5, 0.6) is 0 Å². The van der Waals surface area contributed by atoms with Crippen molar-refractivity contribution >= 4 is 0 Å². The molecule has 0 saturated heterocycles. The highest BCUT2D eigenvalue weighted by molar-refractivity contribution is 5.21. The molecule has 0 aliphatic heterocycles. The largest absolute Gasteiger partial charge is 0.198 e. The lowest BCUT2D eigenvalue weighted by Gasteiger charge is -2.20. The Morgan fingerprint density at radius 1 is 1.50 bits per heavy atom. The topological polar surface area (TPSA) is 23.8 Å². The smallest absolute Gasteiger partial charge is 0.0663 e. The molecule has 0 radical (unpaired) electrons. The maximum absolute atomic E-state index is 8.57. The predicted molar refractivity (Wildman–Crippen MR) is 57.5 cm³/mol. The van der Waals surface area contributed by atoms with Gasteiger partial charge in [0.15, 0.2) is 0 Å². The van der Waals surface area contributed by atoms with Crippen LogP contribution in [-0.2, 0) is 0 Å². The number of nitrogens with zero attached hydrogens (tertiary/aromatic N) is 1. The van der Waals surface area contributed by atoms with Gasteiger partial charge in [-0.3, -0.25) is 0 Å². The minimum absolute atomic E-state index is 0.580. The highest BCUT2D eigenvalue weighted by Gasteiger charge is 2.59. The second kappa shape index (κ2) is 3.12. The first-order valence-corrected chi connectivity index (χ1v) is 5.63. The molecule has 0 aromatic heterocycles. The Morgan fingerprint density at radius 3 is 2.86 bits per heavy atom. The average molecular weight is 189 g/mol. The van der Waals surface area contributed by atoms with Crippen molar-refractivity contribution in [3.05, 3.63) is 11.6 Å². The van der Waals surface area contributed by atoms with Crippen LogP contribution in [0, 0.1) is 34.5 Å². The summed E-state index contributed by atoms with van der Waals surface area (Å²) in [5, 5.41) is 8.57. The first kappa shape index (κ1) is 9.77. The third-order valence-corrected chi connectivity index (χ3v) is 4.44. The molecule has 0 aromatic carbocycles. The number of nitriles is 1. The fourth-order valence-corrected chi connectivity index (χ4v) is 3.18. The third kappa shape index (κ3) is 1.38. The van der Waals surface area contributed by atoms with Crippen LogP contribution in [0.4, 0.5) is 0 Å². The third-order valence-electron chi connectivity index (χ3n) is 4.44. The van der Waals surface area contributed by atoms with E-state index in [1.807, 2.05) is 0 Å². The number of rotatable bonds is 1. The summed E-state index contributed by atoms with van der Waals surface area (Å²) in [5.74, 6) is 2.58.